The van der Waals surface area contributed by atoms with Crippen LogP contribution >= 0.6 is 11.3 Å². The molecule has 7 nitrogen and oxygen atoms in total. The molecule has 0 saturated carbocycles. The topological polar surface area (TPSA) is 108 Å². The molecule has 1 fully saturated rings. The summed E-state index contributed by atoms with van der Waals surface area (Å²) >= 11 is 1.13. The molecule has 1 aromatic heterocycles. The van der Waals surface area contributed by atoms with E-state index in [0.717, 1.165) is 24.3 Å². The van der Waals surface area contributed by atoms with Crippen LogP contribution in [0.15, 0.2) is 0 Å². The molecule has 0 radical (unpaired) electrons. The summed E-state index contributed by atoms with van der Waals surface area (Å²) in [5.41, 5.74) is 11.6. The van der Waals surface area contributed by atoms with E-state index in [2.05, 4.69) is 0 Å². The quantitative estimate of drug-likeness (QED) is 0.797. The molecular weight excluding hydrogens is 294 g/mol. The third-order valence-corrected chi connectivity index (χ3v) is 4.42. The van der Waals surface area contributed by atoms with Crippen molar-refractivity contribution >= 4 is 33.9 Å². The van der Waals surface area contributed by atoms with Crippen LogP contribution in [0.5, 0.6) is 0 Å². The van der Waals surface area contributed by atoms with Crippen molar-refractivity contribution in [2.75, 3.05) is 43.5 Å². The highest BCUT2D eigenvalue weighted by Crippen LogP contribution is 2.39. The average Bonchev–Trinajstić information content (AvgIpc) is 2.63. The van der Waals surface area contributed by atoms with Crippen LogP contribution in [0.2, 0.25) is 0 Å². The molecule has 0 aliphatic carbocycles. The fourth-order valence-electron chi connectivity index (χ4n) is 2.19. The van der Waals surface area contributed by atoms with Gasteiger partial charge in [0.25, 0.3) is 5.91 Å². The summed E-state index contributed by atoms with van der Waals surface area (Å²) < 4.78 is 10.4. The zero-order valence-electron chi connectivity index (χ0n) is 11.9. The highest BCUT2D eigenvalue weighted by molar-refractivity contribution is 7.19. The molecule has 8 heteroatoms. The number of nitrogens with two attached hydrogens (primary N) is 2. The minimum atomic E-state index is -0.639. The molecule has 0 atom stereocenters. The largest absolute Gasteiger partial charge is 0.462 e. The predicted molar refractivity (Wildman–Crippen MR) is 80.9 cm³/mol. The molecule has 0 bridgehead atoms. The number of amides is 1. The summed E-state index contributed by atoms with van der Waals surface area (Å²) in [6.45, 7) is 4.55. The van der Waals surface area contributed by atoms with Gasteiger partial charge in [-0.2, -0.15) is 0 Å². The van der Waals surface area contributed by atoms with Crippen molar-refractivity contribution in [3.8, 4) is 0 Å². The molecule has 1 aliphatic heterocycles. The van der Waals surface area contributed by atoms with E-state index >= 15 is 0 Å². The number of anilines is 2. The van der Waals surface area contributed by atoms with E-state index in [1.54, 1.807) is 6.92 Å². The highest BCUT2D eigenvalue weighted by Gasteiger charge is 2.28. The molecule has 4 N–H and O–H groups in total. The predicted octanol–water partition coefficient (Wildman–Crippen LogP) is 0.833. The van der Waals surface area contributed by atoms with Crippen molar-refractivity contribution in [1.82, 2.24) is 0 Å². The second-order valence-corrected chi connectivity index (χ2v) is 5.56. The molecule has 0 unspecified atom stereocenters. The molecule has 0 aromatic carbocycles. The van der Waals surface area contributed by atoms with Gasteiger partial charge in [0, 0.05) is 19.7 Å². The molecule has 21 heavy (non-hydrogen) atoms. The lowest BCUT2D eigenvalue weighted by atomic mass is 10.2. The summed E-state index contributed by atoms with van der Waals surface area (Å²) in [6, 6.07) is 0. The first-order chi connectivity index (χ1) is 10.1. The van der Waals surface area contributed by atoms with E-state index in [9.17, 15) is 9.59 Å². The maximum atomic E-state index is 12.1. The molecule has 2 rings (SSSR count). The summed E-state index contributed by atoms with van der Waals surface area (Å²) in [6.07, 6.45) is 0.839. The lowest BCUT2D eigenvalue weighted by Gasteiger charge is -2.21. The first kappa shape index (κ1) is 15.6. The van der Waals surface area contributed by atoms with Crippen LogP contribution in [0.3, 0.4) is 0 Å². The van der Waals surface area contributed by atoms with Gasteiger partial charge in [-0.3, -0.25) is 4.79 Å². The van der Waals surface area contributed by atoms with Crippen LogP contribution in [-0.2, 0) is 9.47 Å². The van der Waals surface area contributed by atoms with Gasteiger partial charge in [0.2, 0.25) is 0 Å². The smallest absolute Gasteiger partial charge is 0.343 e. The van der Waals surface area contributed by atoms with Crippen molar-refractivity contribution in [3.05, 3.63) is 10.4 Å². The van der Waals surface area contributed by atoms with Crippen LogP contribution in [0.25, 0.3) is 0 Å². The lowest BCUT2D eigenvalue weighted by Crippen LogP contribution is -2.27. The Balaban J connectivity index is 2.44. The van der Waals surface area contributed by atoms with Crippen LogP contribution in [0.4, 0.5) is 10.7 Å². The van der Waals surface area contributed by atoms with Gasteiger partial charge >= 0.3 is 5.97 Å². The van der Waals surface area contributed by atoms with E-state index < -0.39 is 11.9 Å². The number of ether oxygens (including phenoxy) is 2. The number of esters is 1. The van der Waals surface area contributed by atoms with Gasteiger partial charge < -0.3 is 25.8 Å². The van der Waals surface area contributed by atoms with Crippen LogP contribution in [0, 0.1) is 0 Å². The van der Waals surface area contributed by atoms with Crippen molar-refractivity contribution in [3.63, 3.8) is 0 Å². The van der Waals surface area contributed by atoms with Crippen LogP contribution < -0.4 is 16.4 Å². The number of hydrogen-bond acceptors (Lipinski definition) is 7. The molecule has 1 amide bonds. The fourth-order valence-corrected chi connectivity index (χ4v) is 3.30. The number of primary amides is 1. The third kappa shape index (κ3) is 3.27. The van der Waals surface area contributed by atoms with Gasteiger partial charge in [-0.15, -0.1) is 11.3 Å². The third-order valence-electron chi connectivity index (χ3n) is 3.14. The van der Waals surface area contributed by atoms with E-state index in [4.69, 9.17) is 20.9 Å². The Morgan fingerprint density at radius 2 is 2.14 bits per heavy atom. The number of nitrogens with zero attached hydrogens (tertiary/aromatic N) is 1. The summed E-state index contributed by atoms with van der Waals surface area (Å²) in [7, 11) is 0. The molecule has 2 heterocycles. The van der Waals surface area contributed by atoms with Crippen molar-refractivity contribution in [1.29, 1.82) is 0 Å². The zero-order chi connectivity index (χ0) is 15.4. The van der Waals surface area contributed by atoms with Crippen molar-refractivity contribution in [2.45, 2.75) is 13.3 Å². The minimum absolute atomic E-state index is 0.103. The number of nitrogen functional groups attached to an aromatic ring is 1. The molecule has 116 valence electrons. The monoisotopic (exact) mass is 313 g/mol. The highest BCUT2D eigenvalue weighted by atomic mass is 32.1. The normalized spacial score (nSPS) is 15.6. The standard InChI is InChI=1S/C13H19N3O4S/c1-2-20-13(18)8-9(14)10(11(15)17)21-12(8)16-4-3-6-19-7-5-16/h2-7,14H2,1H3,(H2,15,17). The SMILES string of the molecule is CCOC(=O)c1c(N2CCCOCC2)sc(C(N)=O)c1N. The van der Waals surface area contributed by atoms with Crippen molar-refractivity contribution in [2.24, 2.45) is 5.73 Å². The van der Waals surface area contributed by atoms with Gasteiger partial charge in [-0.1, -0.05) is 0 Å². The average molecular weight is 313 g/mol. The lowest BCUT2D eigenvalue weighted by molar-refractivity contribution is 0.0529. The summed E-state index contributed by atoms with van der Waals surface area (Å²) in [5, 5.41) is 0.630. The Kier molecular flexibility index (Phi) is 5.03. The molecule has 1 aromatic rings. The summed E-state index contributed by atoms with van der Waals surface area (Å²) in [5.74, 6) is -1.17. The first-order valence-corrected chi connectivity index (χ1v) is 7.59. The maximum Gasteiger partial charge on any atom is 0.343 e. The Morgan fingerprint density at radius 1 is 1.38 bits per heavy atom. The van der Waals surface area contributed by atoms with E-state index in [1.165, 1.54) is 0 Å². The number of thiophene rings is 1. The molecular formula is C13H19N3O4S. The minimum Gasteiger partial charge on any atom is -0.462 e. The Labute approximate surface area is 126 Å². The first-order valence-electron chi connectivity index (χ1n) is 6.78. The molecule has 1 saturated heterocycles. The van der Waals surface area contributed by atoms with Gasteiger partial charge in [0.05, 0.1) is 18.9 Å². The van der Waals surface area contributed by atoms with Crippen LogP contribution in [-0.4, -0.2) is 44.8 Å². The van der Waals surface area contributed by atoms with Gasteiger partial charge in [0.15, 0.2) is 0 Å². The Morgan fingerprint density at radius 3 is 2.81 bits per heavy atom. The zero-order valence-corrected chi connectivity index (χ0v) is 12.7. The number of rotatable bonds is 4. The number of carbonyl (C=O) groups is 2. The van der Waals surface area contributed by atoms with E-state index in [1.807, 2.05) is 4.90 Å². The van der Waals surface area contributed by atoms with Gasteiger partial charge in [0.1, 0.15) is 15.4 Å². The Hall–Kier alpha value is -1.80. The van der Waals surface area contributed by atoms with Crippen molar-refractivity contribution < 1.29 is 19.1 Å². The van der Waals surface area contributed by atoms with Crippen LogP contribution in [0.1, 0.15) is 33.4 Å². The van der Waals surface area contributed by atoms with Gasteiger partial charge in [-0.05, 0) is 13.3 Å². The Bertz CT molecular complexity index is 536. The van der Waals surface area contributed by atoms with E-state index in [-0.39, 0.29) is 22.7 Å². The summed E-state index contributed by atoms with van der Waals surface area (Å²) in [4.78, 5) is 25.8. The molecule has 0 spiro atoms. The fraction of sp³-hybridized carbons (Fsp3) is 0.538. The number of carbonyl (C=O) groups excluding carboxylic acids is 2. The molecule has 1 aliphatic rings. The second-order valence-electron chi connectivity index (χ2n) is 4.56. The van der Waals surface area contributed by atoms with Gasteiger partial charge in [-0.25, -0.2) is 4.79 Å². The van der Waals surface area contributed by atoms with E-state index in [0.29, 0.717) is 24.8 Å². The number of hydrogen-bond donors (Lipinski definition) is 2. The maximum absolute atomic E-state index is 12.1. The second kappa shape index (κ2) is 6.77.